The molecule has 1 atom stereocenters. The number of Topliss-reactive ketones (excluding diaryl/α,β-unsaturated/α-hetero) is 1. The van der Waals surface area contributed by atoms with Gasteiger partial charge < -0.3 is 9.64 Å². The Hall–Kier alpha value is -0.900. The van der Waals surface area contributed by atoms with Gasteiger partial charge in [-0.1, -0.05) is 11.6 Å². The van der Waals surface area contributed by atoms with Crippen molar-refractivity contribution in [3.8, 4) is 0 Å². The maximum absolute atomic E-state index is 12.1. The summed E-state index contributed by atoms with van der Waals surface area (Å²) >= 11 is 5.77. The second-order valence-corrected chi connectivity index (χ2v) is 4.43. The first-order valence-corrected chi connectivity index (χ1v) is 5.64. The van der Waals surface area contributed by atoms with Crippen molar-refractivity contribution in [1.82, 2.24) is 4.90 Å². The fourth-order valence-corrected chi connectivity index (χ4v) is 1.86. The second kappa shape index (κ2) is 4.95. The Bertz CT molecular complexity index is 377. The number of benzene rings is 1. The van der Waals surface area contributed by atoms with Crippen molar-refractivity contribution in [2.75, 3.05) is 26.7 Å². The number of halogens is 1. The lowest BCUT2D eigenvalue weighted by Crippen LogP contribution is -2.44. The molecular formula is C12H14ClNO2. The number of hydrogen-bond donors (Lipinski definition) is 0. The highest BCUT2D eigenvalue weighted by atomic mass is 35.5. The van der Waals surface area contributed by atoms with Gasteiger partial charge in [0, 0.05) is 23.7 Å². The van der Waals surface area contributed by atoms with Gasteiger partial charge in [-0.2, -0.15) is 0 Å². The zero-order valence-electron chi connectivity index (χ0n) is 9.15. The molecule has 0 spiro atoms. The van der Waals surface area contributed by atoms with Crippen molar-refractivity contribution in [2.45, 2.75) is 6.10 Å². The third-order valence-corrected chi connectivity index (χ3v) is 2.94. The highest BCUT2D eigenvalue weighted by Crippen LogP contribution is 2.14. The molecule has 1 aromatic rings. The summed E-state index contributed by atoms with van der Waals surface area (Å²) in [7, 11) is 1.99. The highest BCUT2D eigenvalue weighted by Gasteiger charge is 2.25. The van der Waals surface area contributed by atoms with Crippen LogP contribution in [0.25, 0.3) is 0 Å². The molecule has 0 saturated carbocycles. The van der Waals surface area contributed by atoms with Gasteiger partial charge in [0.15, 0.2) is 5.78 Å². The molecule has 1 aliphatic rings. The molecule has 0 N–H and O–H groups in total. The minimum absolute atomic E-state index is 0.0308. The third kappa shape index (κ3) is 2.61. The van der Waals surface area contributed by atoms with Crippen LogP contribution in [0.3, 0.4) is 0 Å². The van der Waals surface area contributed by atoms with Crippen LogP contribution in [0.1, 0.15) is 10.4 Å². The number of carbonyl (C=O) groups is 1. The Morgan fingerprint density at radius 2 is 2.12 bits per heavy atom. The van der Waals surface area contributed by atoms with Gasteiger partial charge in [0.1, 0.15) is 6.10 Å². The molecule has 0 aliphatic carbocycles. The molecule has 0 unspecified atom stereocenters. The molecule has 1 aliphatic heterocycles. The summed E-state index contributed by atoms with van der Waals surface area (Å²) in [6, 6.07) is 6.92. The minimum atomic E-state index is -0.347. The first-order chi connectivity index (χ1) is 7.66. The summed E-state index contributed by atoms with van der Waals surface area (Å²) < 4.78 is 5.47. The van der Waals surface area contributed by atoms with Gasteiger partial charge in [0.05, 0.1) is 6.61 Å². The highest BCUT2D eigenvalue weighted by molar-refractivity contribution is 6.30. The van der Waals surface area contributed by atoms with E-state index in [2.05, 4.69) is 4.90 Å². The number of ether oxygens (including phenoxy) is 1. The average Bonchev–Trinajstić information content (AvgIpc) is 2.29. The third-order valence-electron chi connectivity index (χ3n) is 2.69. The van der Waals surface area contributed by atoms with Crippen LogP contribution in [0, 0.1) is 0 Å². The number of hydrogen-bond acceptors (Lipinski definition) is 3. The van der Waals surface area contributed by atoms with E-state index in [1.54, 1.807) is 24.3 Å². The number of morpholine rings is 1. The summed E-state index contributed by atoms with van der Waals surface area (Å²) in [5.41, 5.74) is 0.657. The normalized spacial score (nSPS) is 22.0. The number of carbonyl (C=O) groups excluding carboxylic acids is 1. The topological polar surface area (TPSA) is 29.5 Å². The summed E-state index contributed by atoms with van der Waals surface area (Å²) in [5.74, 6) is 0.0308. The Balaban J connectivity index is 2.09. The van der Waals surface area contributed by atoms with E-state index in [0.29, 0.717) is 23.7 Å². The molecule has 1 saturated heterocycles. The fraction of sp³-hybridized carbons (Fsp3) is 0.417. The molecule has 0 radical (unpaired) electrons. The monoisotopic (exact) mass is 239 g/mol. The second-order valence-electron chi connectivity index (χ2n) is 3.99. The molecule has 0 amide bonds. The largest absolute Gasteiger partial charge is 0.367 e. The zero-order valence-corrected chi connectivity index (χ0v) is 9.91. The molecule has 3 nitrogen and oxygen atoms in total. The molecule has 86 valence electrons. The minimum Gasteiger partial charge on any atom is -0.367 e. The van der Waals surface area contributed by atoms with Crippen LogP contribution in [0.15, 0.2) is 24.3 Å². The van der Waals surface area contributed by atoms with E-state index in [-0.39, 0.29) is 11.9 Å². The predicted molar refractivity (Wildman–Crippen MR) is 63.0 cm³/mol. The number of likely N-dealkylation sites (N-methyl/N-ethyl adjacent to an activating group) is 1. The van der Waals surface area contributed by atoms with Crippen LogP contribution < -0.4 is 0 Å². The summed E-state index contributed by atoms with van der Waals surface area (Å²) in [5, 5.41) is 0.637. The van der Waals surface area contributed by atoms with Gasteiger partial charge in [-0.05, 0) is 31.3 Å². The Morgan fingerprint density at radius 1 is 1.44 bits per heavy atom. The van der Waals surface area contributed by atoms with Crippen molar-refractivity contribution in [1.29, 1.82) is 0 Å². The van der Waals surface area contributed by atoms with E-state index in [0.717, 1.165) is 6.54 Å². The maximum atomic E-state index is 12.1. The van der Waals surface area contributed by atoms with Crippen molar-refractivity contribution < 1.29 is 9.53 Å². The average molecular weight is 240 g/mol. The van der Waals surface area contributed by atoms with Crippen LogP contribution in [0.2, 0.25) is 5.02 Å². The molecule has 0 aromatic heterocycles. The van der Waals surface area contributed by atoms with Gasteiger partial charge in [0.25, 0.3) is 0 Å². The van der Waals surface area contributed by atoms with Crippen LogP contribution in [0.5, 0.6) is 0 Å². The fourth-order valence-electron chi connectivity index (χ4n) is 1.74. The zero-order chi connectivity index (χ0) is 11.5. The first kappa shape index (κ1) is 11.6. The Kier molecular flexibility index (Phi) is 3.59. The maximum Gasteiger partial charge on any atom is 0.192 e. The van der Waals surface area contributed by atoms with Crippen molar-refractivity contribution in [3.05, 3.63) is 34.9 Å². The number of ketones is 1. The van der Waals surface area contributed by atoms with Gasteiger partial charge in [-0.15, -0.1) is 0 Å². The lowest BCUT2D eigenvalue weighted by molar-refractivity contribution is -0.00862. The molecule has 2 rings (SSSR count). The molecular weight excluding hydrogens is 226 g/mol. The molecule has 4 heteroatoms. The molecule has 1 aromatic carbocycles. The quantitative estimate of drug-likeness (QED) is 0.738. The van der Waals surface area contributed by atoms with Crippen LogP contribution in [-0.2, 0) is 4.74 Å². The Morgan fingerprint density at radius 3 is 2.75 bits per heavy atom. The SMILES string of the molecule is CN1CCO[C@H](C(=O)c2ccc(Cl)cc2)C1. The van der Waals surface area contributed by atoms with Gasteiger partial charge >= 0.3 is 0 Å². The van der Waals surface area contributed by atoms with Crippen LogP contribution in [0.4, 0.5) is 0 Å². The van der Waals surface area contributed by atoms with Gasteiger partial charge in [-0.25, -0.2) is 0 Å². The molecule has 16 heavy (non-hydrogen) atoms. The van der Waals surface area contributed by atoms with Crippen molar-refractivity contribution in [2.24, 2.45) is 0 Å². The molecule has 0 bridgehead atoms. The summed E-state index contributed by atoms with van der Waals surface area (Å²) in [6.07, 6.45) is -0.347. The van der Waals surface area contributed by atoms with Crippen molar-refractivity contribution >= 4 is 17.4 Å². The van der Waals surface area contributed by atoms with E-state index >= 15 is 0 Å². The lowest BCUT2D eigenvalue weighted by atomic mass is 10.1. The number of rotatable bonds is 2. The summed E-state index contributed by atoms with van der Waals surface area (Å²) in [6.45, 7) is 2.15. The van der Waals surface area contributed by atoms with E-state index in [9.17, 15) is 4.79 Å². The van der Waals surface area contributed by atoms with E-state index in [1.165, 1.54) is 0 Å². The van der Waals surface area contributed by atoms with E-state index in [4.69, 9.17) is 16.3 Å². The summed E-state index contributed by atoms with van der Waals surface area (Å²) in [4.78, 5) is 14.2. The van der Waals surface area contributed by atoms with Crippen LogP contribution in [-0.4, -0.2) is 43.5 Å². The molecule has 1 heterocycles. The van der Waals surface area contributed by atoms with Gasteiger partial charge in [-0.3, -0.25) is 4.79 Å². The van der Waals surface area contributed by atoms with Crippen molar-refractivity contribution in [3.63, 3.8) is 0 Å². The van der Waals surface area contributed by atoms with Crippen LogP contribution >= 0.6 is 11.6 Å². The number of nitrogens with zero attached hydrogens (tertiary/aromatic N) is 1. The predicted octanol–water partition coefficient (Wildman–Crippen LogP) is 1.85. The Labute approximate surface area is 100.0 Å². The smallest absolute Gasteiger partial charge is 0.192 e. The lowest BCUT2D eigenvalue weighted by Gasteiger charge is -2.29. The van der Waals surface area contributed by atoms with E-state index < -0.39 is 0 Å². The van der Waals surface area contributed by atoms with E-state index in [1.807, 2.05) is 7.05 Å². The van der Waals surface area contributed by atoms with Gasteiger partial charge in [0.2, 0.25) is 0 Å². The molecule has 1 fully saturated rings. The standard InChI is InChI=1S/C12H14ClNO2/c1-14-6-7-16-11(8-14)12(15)9-2-4-10(13)5-3-9/h2-5,11H,6-8H2,1H3/t11-/m0/s1. The first-order valence-electron chi connectivity index (χ1n) is 5.27.